The molecule has 7 aromatic carbocycles. The number of rotatable bonds is 10. The van der Waals surface area contributed by atoms with Crippen molar-refractivity contribution in [2.24, 2.45) is 0 Å². The number of nitrogens with zero attached hydrogens (tertiary/aromatic N) is 4. The first kappa shape index (κ1) is 40.0. The van der Waals surface area contributed by atoms with E-state index in [2.05, 4.69) is 235 Å². The Kier molecular flexibility index (Phi) is 10.8. The van der Waals surface area contributed by atoms with Crippen LogP contribution in [0.5, 0.6) is 11.5 Å². The first-order valence-electron chi connectivity index (χ1n) is 20.4. The standard InChI is InChI=1S/C54H43N4OSi.Pt/c1-60(2,3)48-30-31-55-53(38-48)58-51-27-17-16-26-49(51)50-29-28-46(37-52(50)58)59-47-35-43(34-45(36-47)57-33-32-56(39-57)44-24-14-7-15-25-44)54(40-18-8-4-9-19-40,41-20-10-5-11-21-41)42-22-12-6-13-23-42;/h4-35,38-39H,1-3H3;/q-3;. The van der Waals surface area contributed by atoms with Crippen LogP contribution in [0.1, 0.15) is 22.3 Å². The van der Waals surface area contributed by atoms with E-state index in [-0.39, 0.29) is 21.1 Å². The SMILES string of the molecule is C[Si](C)(C)c1ccnc(-n2c3[c-]c(Oc4[c-]c(N5C=CN(c6ccccc6)[CH-]5)cc(C(c5ccccc5)(c5ccccc5)c5ccccc5)c4)ccc3c3ccccc32)c1.[Pt]. The number of fused-ring (bicyclic) bond motifs is 3. The number of pyridine rings is 1. The molecule has 2 aromatic heterocycles. The smallest absolute Gasteiger partial charge is 0.135 e. The van der Waals surface area contributed by atoms with Crippen molar-refractivity contribution in [3.05, 3.63) is 242 Å². The molecule has 0 radical (unpaired) electrons. The predicted octanol–water partition coefficient (Wildman–Crippen LogP) is 12.4. The van der Waals surface area contributed by atoms with Crippen molar-refractivity contribution < 1.29 is 25.8 Å². The molecule has 1 aliphatic rings. The topological polar surface area (TPSA) is 33.5 Å². The average Bonchev–Trinajstić information content (AvgIpc) is 3.92. The van der Waals surface area contributed by atoms with Crippen molar-refractivity contribution in [2.45, 2.75) is 25.1 Å². The Morgan fingerprint density at radius 1 is 0.557 bits per heavy atom. The van der Waals surface area contributed by atoms with E-state index >= 15 is 0 Å². The molecule has 5 nitrogen and oxygen atoms in total. The Labute approximate surface area is 373 Å². The monoisotopic (exact) mass is 986 g/mol. The number of hydrogen-bond donors (Lipinski definition) is 0. The first-order chi connectivity index (χ1) is 29.4. The van der Waals surface area contributed by atoms with Crippen LogP contribution < -0.4 is 19.7 Å². The third-order valence-electron chi connectivity index (χ3n) is 11.5. The van der Waals surface area contributed by atoms with Gasteiger partial charge in [-0.15, -0.1) is 53.6 Å². The summed E-state index contributed by atoms with van der Waals surface area (Å²) < 4.78 is 9.21. The molecule has 10 rings (SSSR count). The molecule has 0 unspecified atom stereocenters. The second-order valence-electron chi connectivity index (χ2n) is 16.2. The largest absolute Gasteiger partial charge is 0.509 e. The predicted molar refractivity (Wildman–Crippen MR) is 249 cm³/mol. The third kappa shape index (κ3) is 7.41. The van der Waals surface area contributed by atoms with Crippen molar-refractivity contribution in [2.75, 3.05) is 9.80 Å². The van der Waals surface area contributed by atoms with E-state index in [1.807, 2.05) is 18.3 Å². The van der Waals surface area contributed by atoms with Gasteiger partial charge in [-0.25, -0.2) is 4.98 Å². The van der Waals surface area contributed by atoms with Crippen LogP contribution >= 0.6 is 0 Å². The molecule has 7 heteroatoms. The summed E-state index contributed by atoms with van der Waals surface area (Å²) in [6.45, 7) is 9.19. The van der Waals surface area contributed by atoms with Crippen LogP contribution in [0.4, 0.5) is 11.4 Å². The van der Waals surface area contributed by atoms with Crippen LogP contribution in [0, 0.1) is 18.8 Å². The summed E-state index contributed by atoms with van der Waals surface area (Å²) in [7, 11) is -1.62. The van der Waals surface area contributed by atoms with E-state index in [9.17, 15) is 0 Å². The Morgan fingerprint density at radius 2 is 1.15 bits per heavy atom. The first-order valence-corrected chi connectivity index (χ1v) is 23.9. The molecule has 0 saturated heterocycles. The Balaban J connectivity index is 0.00000476. The zero-order valence-corrected chi connectivity index (χ0v) is 37.4. The van der Waals surface area contributed by atoms with Gasteiger partial charge in [-0.2, -0.15) is 6.07 Å². The molecule has 3 heterocycles. The molecular weight excluding hydrogens is 944 g/mol. The Morgan fingerprint density at radius 3 is 1.79 bits per heavy atom. The fourth-order valence-corrected chi connectivity index (χ4v) is 9.69. The van der Waals surface area contributed by atoms with Crippen LogP contribution in [-0.2, 0) is 26.5 Å². The summed E-state index contributed by atoms with van der Waals surface area (Å²) in [5.74, 6) is 2.04. The van der Waals surface area contributed by atoms with Crippen LogP contribution in [0.2, 0.25) is 19.6 Å². The molecule has 0 atom stereocenters. The van der Waals surface area contributed by atoms with E-state index in [1.54, 1.807) is 0 Å². The Hall–Kier alpha value is -6.46. The normalized spacial score (nSPS) is 12.8. The maximum atomic E-state index is 6.99. The van der Waals surface area contributed by atoms with Gasteiger partial charge in [0, 0.05) is 55.4 Å². The van der Waals surface area contributed by atoms with E-state index in [4.69, 9.17) is 9.72 Å². The van der Waals surface area contributed by atoms with Gasteiger partial charge in [-0.05, 0) is 64.8 Å². The van der Waals surface area contributed by atoms with Crippen LogP contribution in [0.3, 0.4) is 0 Å². The summed E-state index contributed by atoms with van der Waals surface area (Å²) in [4.78, 5) is 9.14. The minimum Gasteiger partial charge on any atom is -0.509 e. The van der Waals surface area contributed by atoms with E-state index < -0.39 is 13.5 Å². The van der Waals surface area contributed by atoms with Gasteiger partial charge in [-0.1, -0.05) is 158 Å². The summed E-state index contributed by atoms with van der Waals surface area (Å²) in [5.41, 5.74) is 7.65. The minimum atomic E-state index is -1.62. The summed E-state index contributed by atoms with van der Waals surface area (Å²) in [5, 5.41) is 3.58. The molecule has 0 saturated carbocycles. The number of anilines is 2. The van der Waals surface area contributed by atoms with E-state index in [0.29, 0.717) is 11.5 Å². The van der Waals surface area contributed by atoms with Crippen molar-refractivity contribution in [3.8, 4) is 17.3 Å². The molecule has 302 valence electrons. The van der Waals surface area contributed by atoms with E-state index in [0.717, 1.165) is 61.3 Å². The molecular formula is C54H43N4OPtSi-3. The van der Waals surface area contributed by atoms with Gasteiger partial charge in [0.1, 0.15) is 5.82 Å². The van der Waals surface area contributed by atoms with Crippen molar-refractivity contribution in [1.82, 2.24) is 9.55 Å². The van der Waals surface area contributed by atoms with Crippen molar-refractivity contribution in [3.63, 3.8) is 0 Å². The van der Waals surface area contributed by atoms with Gasteiger partial charge in [0.15, 0.2) is 0 Å². The van der Waals surface area contributed by atoms with Crippen molar-refractivity contribution in [1.29, 1.82) is 0 Å². The molecule has 0 amide bonds. The van der Waals surface area contributed by atoms with Gasteiger partial charge in [0.2, 0.25) is 0 Å². The number of benzene rings is 7. The van der Waals surface area contributed by atoms with Gasteiger partial charge in [0.05, 0.1) is 8.07 Å². The number of para-hydroxylation sites is 2. The van der Waals surface area contributed by atoms with Crippen LogP contribution in [0.25, 0.3) is 27.6 Å². The Bertz CT molecular complexity index is 2890. The zero-order valence-electron chi connectivity index (χ0n) is 34.1. The number of hydrogen-bond acceptors (Lipinski definition) is 4. The quantitative estimate of drug-likeness (QED) is 0.0777. The third-order valence-corrected chi connectivity index (χ3v) is 13.5. The molecule has 1 aliphatic heterocycles. The van der Waals surface area contributed by atoms with Gasteiger partial charge >= 0.3 is 0 Å². The molecule has 9 aromatic rings. The van der Waals surface area contributed by atoms with Gasteiger partial charge < -0.3 is 19.1 Å². The van der Waals surface area contributed by atoms with Crippen LogP contribution in [0.15, 0.2) is 201 Å². The molecule has 0 spiro atoms. The molecule has 0 N–H and O–H groups in total. The van der Waals surface area contributed by atoms with E-state index in [1.165, 1.54) is 5.19 Å². The minimum absolute atomic E-state index is 0. The zero-order chi connectivity index (χ0) is 40.7. The summed E-state index contributed by atoms with van der Waals surface area (Å²) in [6, 6.07) is 71.5. The van der Waals surface area contributed by atoms with Gasteiger partial charge in [-0.3, -0.25) is 0 Å². The second-order valence-corrected chi connectivity index (χ2v) is 21.3. The fourth-order valence-electron chi connectivity index (χ4n) is 8.55. The maximum absolute atomic E-state index is 6.99. The van der Waals surface area contributed by atoms with Crippen molar-refractivity contribution >= 4 is 46.4 Å². The summed E-state index contributed by atoms with van der Waals surface area (Å²) >= 11 is 0. The number of ether oxygens (including phenoxy) is 1. The fraction of sp³-hybridized carbons (Fsp3) is 0.0741. The molecule has 61 heavy (non-hydrogen) atoms. The average molecular weight is 987 g/mol. The molecule has 0 aliphatic carbocycles. The second kappa shape index (κ2) is 16.5. The molecule has 0 fully saturated rings. The van der Waals surface area contributed by atoms with Crippen LogP contribution in [-0.4, -0.2) is 17.6 Å². The summed E-state index contributed by atoms with van der Waals surface area (Å²) in [6.07, 6.45) is 6.08. The van der Waals surface area contributed by atoms with Gasteiger partial charge in [0.25, 0.3) is 0 Å². The molecule has 0 bridgehead atoms. The maximum Gasteiger partial charge on any atom is 0.135 e. The number of aromatic nitrogens is 2.